The Morgan fingerprint density at radius 3 is 2.55 bits per heavy atom. The van der Waals surface area contributed by atoms with Crippen molar-refractivity contribution in [3.05, 3.63) is 52.7 Å². The Bertz CT molecular complexity index is 1340. The summed E-state index contributed by atoms with van der Waals surface area (Å²) in [5.74, 6) is 1.09. The van der Waals surface area contributed by atoms with Crippen molar-refractivity contribution in [2.75, 3.05) is 62.7 Å². The molecular weight excluding hydrogens is 500 g/mol. The molecule has 0 aliphatic carbocycles. The molecule has 2 saturated heterocycles. The molecular formula is C29H35ClN6O2. The van der Waals surface area contributed by atoms with Gasteiger partial charge in [-0.05, 0) is 50.4 Å². The highest BCUT2D eigenvalue weighted by Crippen LogP contribution is 2.37. The van der Waals surface area contributed by atoms with Gasteiger partial charge >= 0.3 is 6.01 Å². The summed E-state index contributed by atoms with van der Waals surface area (Å²) in [6.45, 7) is 7.80. The third-order valence-electron chi connectivity index (χ3n) is 8.30. The van der Waals surface area contributed by atoms with Gasteiger partial charge in [0.05, 0.1) is 17.3 Å². The molecule has 3 aliphatic heterocycles. The van der Waals surface area contributed by atoms with E-state index in [2.05, 4.69) is 46.0 Å². The highest BCUT2D eigenvalue weighted by atomic mass is 35.5. The highest BCUT2D eigenvalue weighted by Gasteiger charge is 2.29. The first-order valence-electron chi connectivity index (χ1n) is 13.6. The van der Waals surface area contributed by atoms with Crippen molar-refractivity contribution in [3.63, 3.8) is 0 Å². The highest BCUT2D eigenvalue weighted by molar-refractivity contribution is 6.36. The lowest BCUT2D eigenvalue weighted by Crippen LogP contribution is -2.49. The smallest absolute Gasteiger partial charge is 0.318 e. The Morgan fingerprint density at radius 1 is 1.03 bits per heavy atom. The quantitative estimate of drug-likeness (QED) is 0.490. The summed E-state index contributed by atoms with van der Waals surface area (Å²) in [6.07, 6.45) is 3.17. The van der Waals surface area contributed by atoms with E-state index >= 15 is 0 Å². The standard InChI is InChI=1S/C29H35ClN6O2/c1-20(37)34-14-16-35(17-15-34)28-23-11-13-36(26-10-4-7-21-6-3-9-24(30)27(21)26)18-25(23)31-29(32-28)38-19-22-8-5-12-33(22)2/h3-4,6-7,9-10,22H,5,8,11-19H2,1-2H3/t22-/m0/s1. The number of aromatic nitrogens is 2. The fraction of sp³-hybridized carbons (Fsp3) is 0.483. The number of likely N-dealkylation sites (tertiary alicyclic amines) is 1. The van der Waals surface area contributed by atoms with Crippen LogP contribution in [0.25, 0.3) is 10.8 Å². The molecule has 2 fully saturated rings. The van der Waals surface area contributed by atoms with Crippen LogP contribution in [-0.2, 0) is 17.8 Å². The van der Waals surface area contributed by atoms with Gasteiger partial charge in [0.15, 0.2) is 0 Å². The molecule has 38 heavy (non-hydrogen) atoms. The van der Waals surface area contributed by atoms with Gasteiger partial charge in [0, 0.05) is 62.3 Å². The molecule has 3 aromatic rings. The molecule has 1 aromatic heterocycles. The number of carbonyl (C=O) groups is 1. The molecule has 0 spiro atoms. The number of carbonyl (C=O) groups excluding carboxylic acids is 1. The van der Waals surface area contributed by atoms with Crippen LogP contribution in [0.15, 0.2) is 36.4 Å². The number of hydrogen-bond donors (Lipinski definition) is 0. The fourth-order valence-corrected chi connectivity index (χ4v) is 6.33. The molecule has 0 N–H and O–H groups in total. The largest absolute Gasteiger partial charge is 0.462 e. The second kappa shape index (κ2) is 10.6. The second-order valence-corrected chi connectivity index (χ2v) is 11.0. The third-order valence-corrected chi connectivity index (χ3v) is 8.61. The average molecular weight is 535 g/mol. The zero-order valence-corrected chi connectivity index (χ0v) is 23.0. The zero-order valence-electron chi connectivity index (χ0n) is 22.2. The van der Waals surface area contributed by atoms with Gasteiger partial charge in [0.25, 0.3) is 0 Å². The lowest BCUT2D eigenvalue weighted by molar-refractivity contribution is -0.129. The number of fused-ring (bicyclic) bond motifs is 2. The lowest BCUT2D eigenvalue weighted by atomic mass is 10.0. The fourth-order valence-electron chi connectivity index (χ4n) is 6.05. The number of nitrogens with zero attached hydrogens (tertiary/aromatic N) is 6. The lowest BCUT2D eigenvalue weighted by Gasteiger charge is -2.38. The second-order valence-electron chi connectivity index (χ2n) is 10.6. The molecule has 0 radical (unpaired) electrons. The Labute approximate surface area is 229 Å². The molecule has 3 aliphatic rings. The summed E-state index contributed by atoms with van der Waals surface area (Å²) >= 11 is 6.67. The summed E-state index contributed by atoms with van der Waals surface area (Å²) < 4.78 is 6.25. The number of amides is 1. The minimum absolute atomic E-state index is 0.128. The van der Waals surface area contributed by atoms with Crippen LogP contribution in [-0.4, -0.2) is 84.6 Å². The van der Waals surface area contributed by atoms with Gasteiger partial charge in [-0.15, -0.1) is 0 Å². The molecule has 0 unspecified atom stereocenters. The number of piperazine rings is 1. The van der Waals surface area contributed by atoms with Crippen LogP contribution in [0.1, 0.15) is 31.0 Å². The normalized spacial score (nSPS) is 20.2. The van der Waals surface area contributed by atoms with E-state index in [0.29, 0.717) is 38.3 Å². The van der Waals surface area contributed by atoms with E-state index in [-0.39, 0.29) is 5.91 Å². The molecule has 200 valence electrons. The van der Waals surface area contributed by atoms with E-state index in [4.69, 9.17) is 26.3 Å². The van der Waals surface area contributed by atoms with Gasteiger partial charge in [0.2, 0.25) is 5.91 Å². The maximum atomic E-state index is 11.9. The maximum Gasteiger partial charge on any atom is 0.318 e. The number of anilines is 2. The Kier molecular flexibility index (Phi) is 7.01. The average Bonchev–Trinajstić information content (AvgIpc) is 3.35. The van der Waals surface area contributed by atoms with Gasteiger partial charge in [-0.3, -0.25) is 4.79 Å². The SMILES string of the molecule is CC(=O)N1CCN(c2nc(OC[C@@H]3CCCN3C)nc3c2CCN(c2cccc4cccc(Cl)c24)C3)CC1. The molecule has 0 saturated carbocycles. The van der Waals surface area contributed by atoms with Gasteiger partial charge < -0.3 is 24.3 Å². The van der Waals surface area contributed by atoms with E-state index in [1.807, 2.05) is 17.0 Å². The first-order valence-corrected chi connectivity index (χ1v) is 14.0. The van der Waals surface area contributed by atoms with Crippen molar-refractivity contribution in [1.82, 2.24) is 19.8 Å². The summed E-state index contributed by atoms with van der Waals surface area (Å²) in [5, 5.41) is 2.98. The first-order chi connectivity index (χ1) is 18.5. The molecule has 1 amide bonds. The molecule has 4 heterocycles. The van der Waals surface area contributed by atoms with Crippen LogP contribution >= 0.6 is 11.6 Å². The first kappa shape index (κ1) is 25.2. The van der Waals surface area contributed by atoms with Crippen LogP contribution in [0.4, 0.5) is 11.5 Å². The predicted octanol–water partition coefficient (Wildman–Crippen LogP) is 3.99. The van der Waals surface area contributed by atoms with Crippen molar-refractivity contribution in [1.29, 1.82) is 0 Å². The summed E-state index contributed by atoms with van der Waals surface area (Å²) in [6, 6.07) is 13.3. The Morgan fingerprint density at radius 2 is 1.82 bits per heavy atom. The van der Waals surface area contributed by atoms with Gasteiger partial charge in [-0.2, -0.15) is 9.97 Å². The molecule has 6 rings (SSSR count). The van der Waals surface area contributed by atoms with Crippen molar-refractivity contribution in [2.24, 2.45) is 0 Å². The number of benzene rings is 2. The van der Waals surface area contributed by atoms with Crippen molar-refractivity contribution in [3.8, 4) is 6.01 Å². The number of halogens is 1. The number of ether oxygens (including phenoxy) is 1. The molecule has 2 aromatic carbocycles. The van der Waals surface area contributed by atoms with Crippen molar-refractivity contribution in [2.45, 2.75) is 38.8 Å². The number of rotatable bonds is 5. The van der Waals surface area contributed by atoms with Gasteiger partial charge in [-0.1, -0.05) is 35.9 Å². The maximum absolute atomic E-state index is 11.9. The van der Waals surface area contributed by atoms with E-state index in [1.165, 1.54) is 12.0 Å². The summed E-state index contributed by atoms with van der Waals surface area (Å²) in [4.78, 5) is 30.7. The van der Waals surface area contributed by atoms with Crippen molar-refractivity contribution >= 4 is 39.8 Å². The van der Waals surface area contributed by atoms with E-state index in [1.54, 1.807) is 6.92 Å². The molecule has 8 nitrogen and oxygen atoms in total. The Balaban J connectivity index is 1.32. The molecule has 1 atom stereocenters. The topological polar surface area (TPSA) is 65.0 Å². The van der Waals surface area contributed by atoms with Gasteiger partial charge in [-0.25, -0.2) is 0 Å². The van der Waals surface area contributed by atoms with Crippen LogP contribution in [0.3, 0.4) is 0 Å². The summed E-state index contributed by atoms with van der Waals surface area (Å²) in [7, 11) is 2.15. The number of hydrogen-bond acceptors (Lipinski definition) is 7. The van der Waals surface area contributed by atoms with Crippen LogP contribution < -0.4 is 14.5 Å². The number of likely N-dealkylation sites (N-methyl/N-ethyl adjacent to an activating group) is 1. The summed E-state index contributed by atoms with van der Waals surface area (Å²) in [5.41, 5.74) is 3.33. The Hall–Kier alpha value is -3.10. The minimum atomic E-state index is 0.128. The molecule has 9 heteroatoms. The van der Waals surface area contributed by atoms with E-state index in [9.17, 15) is 4.79 Å². The van der Waals surface area contributed by atoms with Gasteiger partial charge in [0.1, 0.15) is 12.4 Å². The monoisotopic (exact) mass is 534 g/mol. The van der Waals surface area contributed by atoms with Crippen molar-refractivity contribution < 1.29 is 9.53 Å². The van der Waals surface area contributed by atoms with Crippen LogP contribution in [0, 0.1) is 0 Å². The minimum Gasteiger partial charge on any atom is -0.462 e. The van der Waals surface area contributed by atoms with E-state index in [0.717, 1.165) is 72.0 Å². The molecule has 0 bridgehead atoms. The van der Waals surface area contributed by atoms with Crippen LogP contribution in [0.2, 0.25) is 5.02 Å². The predicted molar refractivity (Wildman–Crippen MR) is 151 cm³/mol. The third kappa shape index (κ3) is 4.87. The zero-order chi connectivity index (χ0) is 26.2. The van der Waals surface area contributed by atoms with E-state index < -0.39 is 0 Å². The van der Waals surface area contributed by atoms with Crippen LogP contribution in [0.5, 0.6) is 6.01 Å².